The Bertz CT molecular complexity index is 479. The predicted molar refractivity (Wildman–Crippen MR) is 81.4 cm³/mol. The summed E-state index contributed by atoms with van der Waals surface area (Å²) in [6.07, 6.45) is 2.42. The highest BCUT2D eigenvalue weighted by Gasteiger charge is 2.22. The van der Waals surface area contributed by atoms with E-state index in [1.165, 1.54) is 16.9 Å². The van der Waals surface area contributed by atoms with Gasteiger partial charge in [0.25, 0.3) is 5.91 Å². The summed E-state index contributed by atoms with van der Waals surface area (Å²) in [5.74, 6) is -1.04. The van der Waals surface area contributed by atoms with Crippen LogP contribution in [0, 0.1) is 12.8 Å². The second kappa shape index (κ2) is 7.43. The number of aliphatic carboxylic acids is 1. The van der Waals surface area contributed by atoms with Crippen LogP contribution in [-0.4, -0.2) is 23.0 Å². The normalized spacial score (nSPS) is 12.4. The van der Waals surface area contributed by atoms with Gasteiger partial charge in [0.05, 0.1) is 4.88 Å². The lowest BCUT2D eigenvalue weighted by molar-refractivity contribution is -0.139. The number of amides is 1. The van der Waals surface area contributed by atoms with Gasteiger partial charge in [0, 0.05) is 4.88 Å². The number of nitrogens with one attached hydrogen (secondary N) is 1. The van der Waals surface area contributed by atoms with Gasteiger partial charge in [-0.25, -0.2) is 4.79 Å². The van der Waals surface area contributed by atoms with E-state index in [0.717, 1.165) is 17.7 Å². The molecule has 5 heteroatoms. The second-order valence-electron chi connectivity index (χ2n) is 5.44. The molecule has 112 valence electrons. The maximum Gasteiger partial charge on any atom is 0.326 e. The molecule has 1 aromatic rings. The Morgan fingerprint density at radius 3 is 2.55 bits per heavy atom. The van der Waals surface area contributed by atoms with E-state index in [1.54, 1.807) is 0 Å². The van der Waals surface area contributed by atoms with Crippen molar-refractivity contribution < 1.29 is 14.7 Å². The van der Waals surface area contributed by atoms with Gasteiger partial charge < -0.3 is 10.4 Å². The SMILES string of the molecule is CCCc1cc(C(=O)N[C@@H](CC(C)C)C(=O)O)sc1C. The minimum Gasteiger partial charge on any atom is -0.480 e. The lowest BCUT2D eigenvalue weighted by Crippen LogP contribution is -2.41. The molecule has 0 aliphatic heterocycles. The summed E-state index contributed by atoms with van der Waals surface area (Å²) in [5.41, 5.74) is 1.18. The van der Waals surface area contributed by atoms with Gasteiger partial charge in [-0.2, -0.15) is 0 Å². The molecule has 1 heterocycles. The predicted octanol–water partition coefficient (Wildman–Crippen LogP) is 3.24. The Morgan fingerprint density at radius 1 is 1.40 bits per heavy atom. The fourth-order valence-electron chi connectivity index (χ4n) is 2.07. The first-order chi connectivity index (χ1) is 9.35. The number of carbonyl (C=O) groups is 2. The Hall–Kier alpha value is -1.36. The van der Waals surface area contributed by atoms with Crippen LogP contribution in [0.1, 0.15) is 53.7 Å². The van der Waals surface area contributed by atoms with Gasteiger partial charge in [-0.05, 0) is 37.3 Å². The molecule has 0 fully saturated rings. The lowest BCUT2D eigenvalue weighted by Gasteiger charge is -2.15. The molecule has 0 saturated carbocycles. The highest BCUT2D eigenvalue weighted by molar-refractivity contribution is 7.14. The summed E-state index contributed by atoms with van der Waals surface area (Å²) in [7, 11) is 0. The Labute approximate surface area is 124 Å². The first-order valence-corrected chi connectivity index (χ1v) is 7.79. The van der Waals surface area contributed by atoms with Crippen LogP contribution >= 0.6 is 11.3 Å². The average molecular weight is 297 g/mol. The standard InChI is InChI=1S/C15H23NO3S/c1-5-6-11-8-13(20-10(11)4)14(17)16-12(15(18)19)7-9(2)3/h8-9,12H,5-7H2,1-4H3,(H,16,17)(H,18,19)/t12-/m0/s1. The minimum atomic E-state index is -0.978. The van der Waals surface area contributed by atoms with Gasteiger partial charge in [0.1, 0.15) is 6.04 Å². The quantitative estimate of drug-likeness (QED) is 0.812. The maximum absolute atomic E-state index is 12.1. The Morgan fingerprint density at radius 2 is 2.05 bits per heavy atom. The van der Waals surface area contributed by atoms with Crippen LogP contribution in [0.3, 0.4) is 0 Å². The van der Waals surface area contributed by atoms with Crippen LogP contribution in [0.2, 0.25) is 0 Å². The van der Waals surface area contributed by atoms with Gasteiger partial charge in [0.2, 0.25) is 0 Å². The van der Waals surface area contributed by atoms with Crippen LogP contribution in [0.4, 0.5) is 0 Å². The van der Waals surface area contributed by atoms with Gasteiger partial charge in [0.15, 0.2) is 0 Å². The number of hydrogen-bond donors (Lipinski definition) is 2. The molecule has 20 heavy (non-hydrogen) atoms. The van der Waals surface area contributed by atoms with Gasteiger partial charge in [-0.15, -0.1) is 11.3 Å². The fraction of sp³-hybridized carbons (Fsp3) is 0.600. The van der Waals surface area contributed by atoms with Crippen molar-refractivity contribution in [2.75, 3.05) is 0 Å². The van der Waals surface area contributed by atoms with Crippen molar-refractivity contribution in [1.29, 1.82) is 0 Å². The molecule has 1 atom stereocenters. The smallest absolute Gasteiger partial charge is 0.326 e. The third kappa shape index (κ3) is 4.63. The molecular weight excluding hydrogens is 274 g/mol. The fourth-order valence-corrected chi connectivity index (χ4v) is 3.05. The molecule has 0 spiro atoms. The number of aryl methyl sites for hydroxylation is 2. The second-order valence-corrected chi connectivity index (χ2v) is 6.69. The molecule has 0 bridgehead atoms. The van der Waals surface area contributed by atoms with E-state index in [0.29, 0.717) is 11.3 Å². The molecule has 1 aromatic heterocycles. The van der Waals surface area contributed by atoms with Crippen molar-refractivity contribution in [1.82, 2.24) is 5.32 Å². The van der Waals surface area contributed by atoms with Crippen LogP contribution in [0.5, 0.6) is 0 Å². The molecule has 1 amide bonds. The Kier molecular flexibility index (Phi) is 6.20. The van der Waals surface area contributed by atoms with Gasteiger partial charge in [-0.1, -0.05) is 27.2 Å². The summed E-state index contributed by atoms with van der Waals surface area (Å²) in [6, 6.07) is 1.06. The third-order valence-electron chi connectivity index (χ3n) is 3.07. The van der Waals surface area contributed by atoms with E-state index in [1.807, 2.05) is 26.8 Å². The summed E-state index contributed by atoms with van der Waals surface area (Å²) >= 11 is 1.43. The van der Waals surface area contributed by atoms with Crippen molar-refractivity contribution in [2.24, 2.45) is 5.92 Å². The molecule has 0 radical (unpaired) electrons. The average Bonchev–Trinajstić information content (AvgIpc) is 2.70. The summed E-state index contributed by atoms with van der Waals surface area (Å²) in [5, 5.41) is 11.8. The number of thiophene rings is 1. The van der Waals surface area contributed by atoms with Crippen LogP contribution in [0.25, 0.3) is 0 Å². The number of carboxylic acids is 1. The maximum atomic E-state index is 12.1. The molecule has 0 saturated heterocycles. The van der Waals surface area contributed by atoms with Crippen molar-refractivity contribution in [3.63, 3.8) is 0 Å². The van der Waals surface area contributed by atoms with Crippen molar-refractivity contribution in [3.05, 3.63) is 21.4 Å². The zero-order chi connectivity index (χ0) is 15.3. The van der Waals surface area contributed by atoms with Crippen LogP contribution in [-0.2, 0) is 11.2 Å². The molecule has 2 N–H and O–H groups in total. The molecule has 4 nitrogen and oxygen atoms in total. The zero-order valence-corrected chi connectivity index (χ0v) is 13.3. The van der Waals surface area contributed by atoms with E-state index in [4.69, 9.17) is 5.11 Å². The minimum absolute atomic E-state index is 0.220. The Balaban J connectivity index is 2.78. The van der Waals surface area contributed by atoms with E-state index < -0.39 is 12.0 Å². The zero-order valence-electron chi connectivity index (χ0n) is 12.5. The van der Waals surface area contributed by atoms with Crippen molar-refractivity contribution in [3.8, 4) is 0 Å². The van der Waals surface area contributed by atoms with Crippen LogP contribution < -0.4 is 5.32 Å². The highest BCUT2D eigenvalue weighted by atomic mass is 32.1. The number of rotatable bonds is 7. The molecule has 0 aliphatic carbocycles. The molecular formula is C15H23NO3S. The monoisotopic (exact) mass is 297 g/mol. The van der Waals surface area contributed by atoms with E-state index in [-0.39, 0.29) is 11.8 Å². The molecule has 0 aromatic carbocycles. The van der Waals surface area contributed by atoms with E-state index in [2.05, 4.69) is 12.2 Å². The largest absolute Gasteiger partial charge is 0.480 e. The number of hydrogen-bond acceptors (Lipinski definition) is 3. The number of carbonyl (C=O) groups excluding carboxylic acids is 1. The summed E-state index contributed by atoms with van der Waals surface area (Å²) in [6.45, 7) is 7.97. The third-order valence-corrected chi connectivity index (χ3v) is 4.17. The first-order valence-electron chi connectivity index (χ1n) is 6.98. The molecule has 0 unspecified atom stereocenters. The van der Waals surface area contributed by atoms with Crippen LogP contribution in [0.15, 0.2) is 6.07 Å². The first kappa shape index (κ1) is 16.7. The number of carboxylic acid groups (broad SMARTS) is 1. The van der Waals surface area contributed by atoms with E-state index >= 15 is 0 Å². The lowest BCUT2D eigenvalue weighted by atomic mass is 10.0. The van der Waals surface area contributed by atoms with Gasteiger partial charge >= 0.3 is 5.97 Å². The highest BCUT2D eigenvalue weighted by Crippen LogP contribution is 2.23. The molecule has 1 rings (SSSR count). The van der Waals surface area contributed by atoms with Crippen molar-refractivity contribution >= 4 is 23.2 Å². The van der Waals surface area contributed by atoms with Crippen molar-refractivity contribution in [2.45, 2.75) is 53.0 Å². The summed E-state index contributed by atoms with van der Waals surface area (Å²) in [4.78, 5) is 25.0. The van der Waals surface area contributed by atoms with Gasteiger partial charge in [-0.3, -0.25) is 4.79 Å². The topological polar surface area (TPSA) is 66.4 Å². The molecule has 0 aliphatic rings. The van der Waals surface area contributed by atoms with E-state index in [9.17, 15) is 9.59 Å². The summed E-state index contributed by atoms with van der Waals surface area (Å²) < 4.78 is 0.